The maximum absolute atomic E-state index is 12.7. The molecule has 7 nitrogen and oxygen atoms in total. The van der Waals surface area contributed by atoms with E-state index < -0.39 is 23.9 Å². The zero-order valence-corrected chi connectivity index (χ0v) is 15.8. The van der Waals surface area contributed by atoms with Crippen molar-refractivity contribution in [3.63, 3.8) is 0 Å². The summed E-state index contributed by atoms with van der Waals surface area (Å²) in [7, 11) is 0. The Morgan fingerprint density at radius 1 is 1.10 bits per heavy atom. The molecular formula is C22H21NO6. The average Bonchev–Trinajstić information content (AvgIpc) is 3.26. The summed E-state index contributed by atoms with van der Waals surface area (Å²) >= 11 is 0. The van der Waals surface area contributed by atoms with Crippen molar-refractivity contribution in [1.82, 2.24) is 0 Å². The maximum atomic E-state index is 12.7. The minimum atomic E-state index is -0.964. The predicted octanol–water partition coefficient (Wildman–Crippen LogP) is 2.74. The molecule has 0 aromatic heterocycles. The zero-order chi connectivity index (χ0) is 20.2. The van der Waals surface area contributed by atoms with Crippen LogP contribution in [0.3, 0.4) is 0 Å². The Hall–Kier alpha value is -3.19. The molecule has 1 amide bonds. The van der Waals surface area contributed by atoms with Crippen LogP contribution in [0.1, 0.15) is 39.1 Å². The number of amides is 1. The van der Waals surface area contributed by atoms with E-state index >= 15 is 0 Å². The number of cyclic esters (lactones) is 1. The first kappa shape index (κ1) is 19.1. The van der Waals surface area contributed by atoms with E-state index in [9.17, 15) is 14.4 Å². The van der Waals surface area contributed by atoms with Gasteiger partial charge in [-0.1, -0.05) is 30.3 Å². The summed E-state index contributed by atoms with van der Waals surface area (Å²) in [4.78, 5) is 37.3. The molecule has 2 aromatic rings. The van der Waals surface area contributed by atoms with Crippen molar-refractivity contribution in [2.24, 2.45) is 0 Å². The molecule has 7 heteroatoms. The van der Waals surface area contributed by atoms with Crippen LogP contribution in [0, 0.1) is 0 Å². The van der Waals surface area contributed by atoms with E-state index in [0.29, 0.717) is 17.9 Å². The van der Waals surface area contributed by atoms with E-state index in [4.69, 9.17) is 14.2 Å². The number of hydrogen-bond acceptors (Lipinski definition) is 6. The fraction of sp³-hybridized carbons (Fsp3) is 0.318. The summed E-state index contributed by atoms with van der Waals surface area (Å²) in [6.07, 6.45) is 1.05. The summed E-state index contributed by atoms with van der Waals surface area (Å²) in [5, 5.41) is 2.69. The first-order chi connectivity index (χ1) is 14.1. The molecule has 1 N–H and O–H groups in total. The number of benzene rings is 2. The Kier molecular flexibility index (Phi) is 5.57. The van der Waals surface area contributed by atoms with Gasteiger partial charge in [0.1, 0.15) is 6.61 Å². The largest absolute Gasteiger partial charge is 0.459 e. The second-order valence-corrected chi connectivity index (χ2v) is 7.02. The smallest absolute Gasteiger partial charge is 0.340 e. The van der Waals surface area contributed by atoms with Gasteiger partial charge in [0.25, 0.3) is 5.91 Å². The zero-order valence-electron chi connectivity index (χ0n) is 15.8. The van der Waals surface area contributed by atoms with Gasteiger partial charge in [-0.2, -0.15) is 0 Å². The van der Waals surface area contributed by atoms with E-state index in [2.05, 4.69) is 5.32 Å². The second-order valence-electron chi connectivity index (χ2n) is 7.02. The highest BCUT2D eigenvalue weighted by Crippen LogP contribution is 2.23. The third-order valence-corrected chi connectivity index (χ3v) is 5.01. The summed E-state index contributed by atoms with van der Waals surface area (Å²) < 4.78 is 16.1. The topological polar surface area (TPSA) is 90.9 Å². The van der Waals surface area contributed by atoms with Crippen LogP contribution < -0.4 is 5.32 Å². The first-order valence-corrected chi connectivity index (χ1v) is 9.59. The molecule has 0 saturated carbocycles. The van der Waals surface area contributed by atoms with Crippen molar-refractivity contribution in [2.45, 2.75) is 31.5 Å². The number of ether oxygens (including phenoxy) is 3. The molecule has 4 rings (SSSR count). The molecule has 2 aliphatic heterocycles. The molecule has 2 aromatic carbocycles. The van der Waals surface area contributed by atoms with E-state index in [1.54, 1.807) is 42.5 Å². The molecular weight excluding hydrogens is 374 g/mol. The predicted molar refractivity (Wildman–Crippen MR) is 104 cm³/mol. The third kappa shape index (κ3) is 4.30. The maximum Gasteiger partial charge on any atom is 0.340 e. The minimum absolute atomic E-state index is 0.0811. The number of esters is 2. The number of para-hydroxylation sites is 1. The molecule has 0 aliphatic carbocycles. The van der Waals surface area contributed by atoms with Gasteiger partial charge in [0.15, 0.2) is 6.10 Å². The highest BCUT2D eigenvalue weighted by atomic mass is 16.6. The molecule has 2 atom stereocenters. The normalized spacial score (nSPS) is 20.5. The Bertz CT molecular complexity index is 934. The summed E-state index contributed by atoms with van der Waals surface area (Å²) in [5.41, 5.74) is 1.77. The van der Waals surface area contributed by atoms with Crippen LogP contribution in [-0.4, -0.2) is 43.3 Å². The molecule has 0 radical (unpaired) electrons. The number of anilines is 1. The average molecular weight is 395 g/mol. The molecule has 2 heterocycles. The van der Waals surface area contributed by atoms with Gasteiger partial charge in [-0.05, 0) is 36.6 Å². The molecule has 150 valence electrons. The first-order valence-electron chi connectivity index (χ1n) is 9.59. The van der Waals surface area contributed by atoms with Crippen molar-refractivity contribution in [3.05, 3.63) is 65.2 Å². The van der Waals surface area contributed by atoms with Gasteiger partial charge in [0.2, 0.25) is 0 Å². The summed E-state index contributed by atoms with van der Waals surface area (Å²) in [6, 6.07) is 13.6. The van der Waals surface area contributed by atoms with Crippen LogP contribution in [0.15, 0.2) is 48.5 Å². The second kappa shape index (κ2) is 8.45. The monoisotopic (exact) mass is 395 g/mol. The van der Waals surface area contributed by atoms with E-state index in [1.807, 2.05) is 6.07 Å². The Morgan fingerprint density at radius 2 is 1.90 bits per heavy atom. The van der Waals surface area contributed by atoms with Gasteiger partial charge in [0, 0.05) is 13.0 Å². The van der Waals surface area contributed by atoms with Gasteiger partial charge in [-0.15, -0.1) is 0 Å². The molecule has 1 fully saturated rings. The van der Waals surface area contributed by atoms with Crippen molar-refractivity contribution in [3.8, 4) is 0 Å². The number of nitrogens with one attached hydrogen (secondary N) is 1. The van der Waals surface area contributed by atoms with Crippen LogP contribution in [-0.2, 0) is 25.4 Å². The lowest BCUT2D eigenvalue weighted by Crippen LogP contribution is -2.38. The molecule has 0 bridgehead atoms. The number of fused-ring (bicyclic) bond motifs is 1. The summed E-state index contributed by atoms with van der Waals surface area (Å²) in [5.74, 6) is -1.56. The lowest BCUT2D eigenvalue weighted by Gasteiger charge is -2.24. The van der Waals surface area contributed by atoms with Crippen LogP contribution in [0.5, 0.6) is 0 Å². The highest BCUT2D eigenvalue weighted by molar-refractivity contribution is 6.04. The number of hydrogen-bond donors (Lipinski definition) is 1. The van der Waals surface area contributed by atoms with Gasteiger partial charge in [-0.3, -0.25) is 4.79 Å². The summed E-state index contributed by atoms with van der Waals surface area (Å²) in [6.45, 7) is 0.857. The van der Waals surface area contributed by atoms with Crippen molar-refractivity contribution >= 4 is 23.5 Å². The van der Waals surface area contributed by atoms with Crippen molar-refractivity contribution in [1.29, 1.82) is 0 Å². The Balaban J connectivity index is 1.43. The van der Waals surface area contributed by atoms with E-state index in [-0.39, 0.29) is 24.7 Å². The van der Waals surface area contributed by atoms with Crippen LogP contribution in [0.4, 0.5) is 5.69 Å². The van der Waals surface area contributed by atoms with Gasteiger partial charge >= 0.3 is 11.9 Å². The number of rotatable bonds is 5. The third-order valence-electron chi connectivity index (χ3n) is 5.01. The van der Waals surface area contributed by atoms with Crippen LogP contribution in [0.25, 0.3) is 0 Å². The quantitative estimate of drug-likeness (QED) is 0.783. The highest BCUT2D eigenvalue weighted by Gasteiger charge is 2.31. The molecule has 1 saturated heterocycles. The van der Waals surface area contributed by atoms with Gasteiger partial charge < -0.3 is 19.5 Å². The van der Waals surface area contributed by atoms with E-state index in [1.165, 1.54) is 0 Å². The van der Waals surface area contributed by atoms with Crippen molar-refractivity contribution in [2.75, 3.05) is 18.5 Å². The lowest BCUT2D eigenvalue weighted by molar-refractivity contribution is -0.125. The van der Waals surface area contributed by atoms with Crippen LogP contribution >= 0.6 is 0 Å². The van der Waals surface area contributed by atoms with Crippen LogP contribution in [0.2, 0.25) is 0 Å². The van der Waals surface area contributed by atoms with Crippen molar-refractivity contribution < 1.29 is 28.6 Å². The number of carbonyl (C=O) groups is 3. The molecule has 0 spiro atoms. The number of carbonyl (C=O) groups excluding carboxylic acids is 3. The lowest BCUT2D eigenvalue weighted by atomic mass is 9.98. The Morgan fingerprint density at radius 3 is 2.72 bits per heavy atom. The molecule has 29 heavy (non-hydrogen) atoms. The fourth-order valence-electron chi connectivity index (χ4n) is 3.48. The molecule has 2 aliphatic rings. The van der Waals surface area contributed by atoms with Gasteiger partial charge in [0.05, 0.1) is 22.9 Å². The van der Waals surface area contributed by atoms with Gasteiger partial charge in [-0.25, -0.2) is 9.59 Å². The van der Waals surface area contributed by atoms with E-state index in [0.717, 1.165) is 18.4 Å². The standard InChI is InChI=1S/C22H21NO6/c24-20(19-12-14-6-1-2-8-16(14)22(26)29-19)23-18-10-4-3-9-17(18)21(25)28-13-15-7-5-11-27-15/h1-4,6,8-10,15,19H,5,7,11-13H2,(H,23,24). The Labute approximate surface area is 168 Å². The SMILES string of the molecule is O=C1OC(C(=O)Nc2ccccc2C(=O)OCC2CCCO2)Cc2ccccc21. The molecule has 2 unspecified atom stereocenters. The minimum Gasteiger partial charge on any atom is -0.459 e. The fourth-order valence-corrected chi connectivity index (χ4v) is 3.48.